The summed E-state index contributed by atoms with van der Waals surface area (Å²) in [4.78, 5) is 13.0. The number of rotatable bonds is 2. The number of nitrogens with one attached hydrogen (secondary N) is 1. The Bertz CT molecular complexity index is 1210. The van der Waals surface area contributed by atoms with Gasteiger partial charge in [-0.05, 0) is 36.4 Å². The lowest BCUT2D eigenvalue weighted by atomic mass is 10.1. The van der Waals surface area contributed by atoms with Gasteiger partial charge in [0.2, 0.25) is 0 Å². The van der Waals surface area contributed by atoms with Crippen molar-refractivity contribution >= 4 is 43.3 Å². The lowest BCUT2D eigenvalue weighted by Crippen LogP contribution is -2.36. The molecule has 1 saturated heterocycles. The third kappa shape index (κ3) is 2.96. The fourth-order valence-corrected chi connectivity index (χ4v) is 5.44. The SMILES string of the molecule is Fc1ccc2c3c([nH]c2c1)CCN(c1nc2ccc(N4CCOCC4)cc2s1)C3. The molecule has 0 unspecified atom stereocenters. The van der Waals surface area contributed by atoms with E-state index in [1.807, 2.05) is 6.07 Å². The number of anilines is 2. The van der Waals surface area contributed by atoms with Crippen LogP contribution in [0.15, 0.2) is 36.4 Å². The highest BCUT2D eigenvalue weighted by molar-refractivity contribution is 7.22. The second kappa shape index (κ2) is 6.71. The first kappa shape index (κ1) is 17.2. The van der Waals surface area contributed by atoms with Crippen LogP contribution < -0.4 is 9.80 Å². The Balaban J connectivity index is 1.32. The Labute approximate surface area is 171 Å². The van der Waals surface area contributed by atoms with Crippen LogP contribution in [0, 0.1) is 5.82 Å². The zero-order chi connectivity index (χ0) is 19.4. The van der Waals surface area contributed by atoms with Crippen LogP contribution >= 0.6 is 11.3 Å². The maximum absolute atomic E-state index is 13.6. The highest BCUT2D eigenvalue weighted by Gasteiger charge is 2.23. The largest absolute Gasteiger partial charge is 0.378 e. The van der Waals surface area contributed by atoms with Crippen molar-refractivity contribution in [3.63, 3.8) is 0 Å². The molecule has 1 N–H and O–H groups in total. The molecule has 6 rings (SSSR count). The summed E-state index contributed by atoms with van der Waals surface area (Å²) in [5.74, 6) is -0.199. The van der Waals surface area contributed by atoms with Crippen molar-refractivity contribution in [1.29, 1.82) is 0 Å². The van der Waals surface area contributed by atoms with Gasteiger partial charge in [-0.15, -0.1) is 0 Å². The first-order valence-corrected chi connectivity index (χ1v) is 10.8. The number of benzene rings is 2. The van der Waals surface area contributed by atoms with E-state index in [4.69, 9.17) is 9.72 Å². The fourth-order valence-electron chi connectivity index (χ4n) is 4.41. The lowest BCUT2D eigenvalue weighted by Gasteiger charge is -2.28. The minimum Gasteiger partial charge on any atom is -0.378 e. The lowest BCUT2D eigenvalue weighted by molar-refractivity contribution is 0.122. The number of thiazole rings is 1. The summed E-state index contributed by atoms with van der Waals surface area (Å²) in [5, 5.41) is 2.17. The van der Waals surface area contributed by atoms with E-state index >= 15 is 0 Å². The molecule has 29 heavy (non-hydrogen) atoms. The van der Waals surface area contributed by atoms with Gasteiger partial charge in [-0.3, -0.25) is 0 Å². The van der Waals surface area contributed by atoms with Gasteiger partial charge in [0.25, 0.3) is 0 Å². The molecule has 2 aromatic heterocycles. The quantitative estimate of drug-likeness (QED) is 0.537. The molecule has 0 aliphatic carbocycles. The monoisotopic (exact) mass is 408 g/mol. The number of ether oxygens (including phenoxy) is 1. The summed E-state index contributed by atoms with van der Waals surface area (Å²) in [6.07, 6.45) is 0.917. The molecular weight excluding hydrogens is 387 g/mol. The van der Waals surface area contributed by atoms with Crippen LogP contribution in [0.5, 0.6) is 0 Å². The number of morpholine rings is 1. The molecule has 5 nitrogen and oxygen atoms in total. The molecule has 0 amide bonds. The second-order valence-electron chi connectivity index (χ2n) is 7.69. The molecule has 148 valence electrons. The third-order valence-electron chi connectivity index (χ3n) is 5.94. The van der Waals surface area contributed by atoms with Crippen molar-refractivity contribution < 1.29 is 9.13 Å². The van der Waals surface area contributed by atoms with Crippen LogP contribution in [0.2, 0.25) is 0 Å². The Morgan fingerprint density at radius 2 is 1.93 bits per heavy atom. The first-order chi connectivity index (χ1) is 14.2. The fraction of sp³-hybridized carbons (Fsp3) is 0.318. The Hall–Kier alpha value is -2.64. The van der Waals surface area contributed by atoms with Crippen molar-refractivity contribution in [3.05, 3.63) is 53.5 Å². The number of halogens is 1. The predicted molar refractivity (Wildman–Crippen MR) is 116 cm³/mol. The molecule has 0 radical (unpaired) electrons. The zero-order valence-electron chi connectivity index (χ0n) is 15.9. The standard InChI is InChI=1S/C22H21FN4OS/c23-14-1-3-16-17-13-27(6-5-18(17)24-20(16)11-14)22-25-19-4-2-15(12-21(19)29-22)26-7-9-28-10-8-26/h1-4,11-12,24H,5-10,13H2. The van der Waals surface area contributed by atoms with E-state index in [1.165, 1.54) is 21.6 Å². The maximum Gasteiger partial charge on any atom is 0.186 e. The topological polar surface area (TPSA) is 44.4 Å². The number of nitrogens with zero attached hydrogens (tertiary/aromatic N) is 3. The van der Waals surface area contributed by atoms with Gasteiger partial charge in [-0.1, -0.05) is 11.3 Å². The summed E-state index contributed by atoms with van der Waals surface area (Å²) >= 11 is 1.75. The number of H-pyrrole nitrogens is 1. The van der Waals surface area contributed by atoms with Crippen molar-refractivity contribution in [2.45, 2.75) is 13.0 Å². The van der Waals surface area contributed by atoms with Crippen LogP contribution in [-0.4, -0.2) is 42.8 Å². The predicted octanol–water partition coefficient (Wildman–Crippen LogP) is 4.32. The van der Waals surface area contributed by atoms with Gasteiger partial charge in [0.15, 0.2) is 5.13 Å². The van der Waals surface area contributed by atoms with E-state index < -0.39 is 0 Å². The van der Waals surface area contributed by atoms with Gasteiger partial charge in [-0.2, -0.15) is 0 Å². The third-order valence-corrected chi connectivity index (χ3v) is 7.02. The molecule has 0 spiro atoms. The van der Waals surface area contributed by atoms with Crippen molar-refractivity contribution in [2.75, 3.05) is 42.6 Å². The van der Waals surface area contributed by atoms with E-state index in [0.717, 1.165) is 67.4 Å². The van der Waals surface area contributed by atoms with Gasteiger partial charge in [0.05, 0.1) is 23.4 Å². The summed E-state index contributed by atoms with van der Waals surface area (Å²) in [5.41, 5.74) is 5.66. The minimum atomic E-state index is -0.199. The van der Waals surface area contributed by atoms with Gasteiger partial charge in [-0.25, -0.2) is 9.37 Å². The number of hydrogen-bond acceptors (Lipinski definition) is 5. The van der Waals surface area contributed by atoms with E-state index in [9.17, 15) is 4.39 Å². The van der Waals surface area contributed by atoms with Crippen LogP contribution in [-0.2, 0) is 17.7 Å². The average Bonchev–Trinajstić information content (AvgIpc) is 3.34. The second-order valence-corrected chi connectivity index (χ2v) is 8.70. The first-order valence-electron chi connectivity index (χ1n) is 10.0. The van der Waals surface area contributed by atoms with E-state index in [-0.39, 0.29) is 5.82 Å². The van der Waals surface area contributed by atoms with Crippen LogP contribution in [0.3, 0.4) is 0 Å². The molecule has 2 aliphatic rings. The average molecular weight is 409 g/mol. The molecular formula is C22H21FN4OS. The molecule has 2 aromatic carbocycles. The van der Waals surface area contributed by atoms with Crippen LogP contribution in [0.4, 0.5) is 15.2 Å². The van der Waals surface area contributed by atoms with Gasteiger partial charge >= 0.3 is 0 Å². The van der Waals surface area contributed by atoms with Crippen molar-refractivity contribution in [3.8, 4) is 0 Å². The Kier molecular flexibility index (Phi) is 3.99. The summed E-state index contributed by atoms with van der Waals surface area (Å²) in [7, 11) is 0. The Morgan fingerprint density at radius 3 is 2.83 bits per heavy atom. The molecule has 4 aromatic rings. The van der Waals surface area contributed by atoms with E-state index in [0.29, 0.717) is 0 Å². The highest BCUT2D eigenvalue weighted by atomic mass is 32.1. The normalized spacial score (nSPS) is 17.3. The van der Waals surface area contributed by atoms with Gasteiger partial charge < -0.3 is 19.5 Å². The van der Waals surface area contributed by atoms with Crippen molar-refractivity contribution in [2.24, 2.45) is 0 Å². The molecule has 0 bridgehead atoms. The summed E-state index contributed by atoms with van der Waals surface area (Å²) < 4.78 is 20.3. The number of aromatic nitrogens is 2. The van der Waals surface area contributed by atoms with Crippen molar-refractivity contribution in [1.82, 2.24) is 9.97 Å². The number of fused-ring (bicyclic) bond motifs is 4. The van der Waals surface area contributed by atoms with E-state index in [1.54, 1.807) is 23.5 Å². The molecule has 1 fully saturated rings. The molecule has 7 heteroatoms. The molecule has 4 heterocycles. The summed E-state index contributed by atoms with van der Waals surface area (Å²) in [6, 6.07) is 11.6. The molecule has 0 atom stereocenters. The molecule has 0 saturated carbocycles. The zero-order valence-corrected chi connectivity index (χ0v) is 16.8. The van der Waals surface area contributed by atoms with Crippen LogP contribution in [0.1, 0.15) is 11.3 Å². The summed E-state index contributed by atoms with van der Waals surface area (Å²) in [6.45, 7) is 5.17. The number of aromatic amines is 1. The van der Waals surface area contributed by atoms with Gasteiger partial charge in [0, 0.05) is 60.4 Å². The number of hydrogen-bond donors (Lipinski definition) is 1. The maximum atomic E-state index is 13.6. The van der Waals surface area contributed by atoms with E-state index in [2.05, 4.69) is 33.0 Å². The molecule has 2 aliphatic heterocycles. The van der Waals surface area contributed by atoms with Gasteiger partial charge in [0.1, 0.15) is 5.82 Å². The Morgan fingerprint density at radius 1 is 1.03 bits per heavy atom. The highest BCUT2D eigenvalue weighted by Crippen LogP contribution is 2.36. The minimum absolute atomic E-state index is 0.199. The van der Waals surface area contributed by atoms with Crippen LogP contribution in [0.25, 0.3) is 21.1 Å². The smallest absolute Gasteiger partial charge is 0.186 e.